The van der Waals surface area contributed by atoms with Gasteiger partial charge in [-0.25, -0.2) is 4.68 Å². The zero-order valence-electron chi connectivity index (χ0n) is 15.4. The van der Waals surface area contributed by atoms with Gasteiger partial charge in [0.25, 0.3) is 0 Å². The van der Waals surface area contributed by atoms with E-state index in [1.165, 1.54) is 56.5 Å². The summed E-state index contributed by atoms with van der Waals surface area (Å²) in [6, 6.07) is 5.70. The normalized spacial score (nSPS) is 18.1. The molecule has 26 heavy (non-hydrogen) atoms. The van der Waals surface area contributed by atoms with Crippen molar-refractivity contribution in [2.24, 2.45) is 0 Å². The van der Waals surface area contributed by atoms with Gasteiger partial charge in [-0.05, 0) is 63.4 Å². The number of piperidine rings is 1. The molecule has 2 aliphatic heterocycles. The molecule has 1 aromatic heterocycles. The topological polar surface area (TPSA) is 42.3 Å². The first kappa shape index (κ1) is 17.7. The van der Waals surface area contributed by atoms with Crippen LogP contribution < -0.4 is 10.1 Å². The lowest BCUT2D eigenvalue weighted by molar-refractivity contribution is 0.217. The van der Waals surface area contributed by atoms with Crippen molar-refractivity contribution in [2.45, 2.75) is 45.1 Å². The number of nitrogens with one attached hydrogen (secondary N) is 1. The van der Waals surface area contributed by atoms with E-state index in [1.54, 1.807) is 7.11 Å². The van der Waals surface area contributed by atoms with Crippen LogP contribution in [-0.2, 0) is 13.0 Å². The highest BCUT2D eigenvalue weighted by molar-refractivity contribution is 6.30. The van der Waals surface area contributed by atoms with Crippen molar-refractivity contribution in [1.29, 1.82) is 0 Å². The number of hydrogen-bond acceptors (Lipinski definition) is 4. The first-order chi connectivity index (χ1) is 12.8. The molecule has 0 unspecified atom stereocenters. The van der Waals surface area contributed by atoms with E-state index in [9.17, 15) is 0 Å². The molecular formula is C20H27ClN4O. The lowest BCUT2D eigenvalue weighted by Gasteiger charge is -2.25. The SMILES string of the molecule is COc1ccc(Cl)cc1-n1nc(CN2CCCCC2)c2c1NCCCC2. The number of aromatic nitrogens is 2. The largest absolute Gasteiger partial charge is 0.494 e. The summed E-state index contributed by atoms with van der Waals surface area (Å²) in [7, 11) is 1.69. The van der Waals surface area contributed by atoms with Crippen molar-refractivity contribution in [2.75, 3.05) is 32.1 Å². The number of halogens is 1. The molecule has 6 heteroatoms. The molecular weight excluding hydrogens is 348 g/mol. The standard InChI is InChI=1S/C20H27ClN4O/c1-26-19-9-8-15(21)13-18(19)25-20-16(7-3-4-10-22-20)17(23-25)14-24-11-5-2-6-12-24/h8-9,13,22H,2-7,10-12,14H2,1H3. The zero-order valence-corrected chi connectivity index (χ0v) is 16.2. The van der Waals surface area contributed by atoms with Crippen LogP contribution in [-0.4, -0.2) is 41.4 Å². The lowest BCUT2D eigenvalue weighted by Crippen LogP contribution is -2.29. The summed E-state index contributed by atoms with van der Waals surface area (Å²) in [6.45, 7) is 4.26. The Morgan fingerprint density at radius 2 is 2.00 bits per heavy atom. The number of nitrogens with zero attached hydrogens (tertiary/aromatic N) is 3. The van der Waals surface area contributed by atoms with Crippen LogP contribution >= 0.6 is 11.6 Å². The molecule has 3 heterocycles. The van der Waals surface area contributed by atoms with E-state index < -0.39 is 0 Å². The molecule has 140 valence electrons. The van der Waals surface area contributed by atoms with Crippen molar-refractivity contribution < 1.29 is 4.74 Å². The predicted octanol–water partition coefficient (Wildman–Crippen LogP) is 4.27. The predicted molar refractivity (Wildman–Crippen MR) is 106 cm³/mol. The van der Waals surface area contributed by atoms with Crippen molar-refractivity contribution in [3.63, 3.8) is 0 Å². The quantitative estimate of drug-likeness (QED) is 0.867. The molecule has 0 spiro atoms. The number of rotatable bonds is 4. The van der Waals surface area contributed by atoms with Gasteiger partial charge in [-0.1, -0.05) is 18.0 Å². The van der Waals surface area contributed by atoms with E-state index in [1.807, 2.05) is 22.9 Å². The second-order valence-corrected chi connectivity index (χ2v) is 7.66. The van der Waals surface area contributed by atoms with E-state index >= 15 is 0 Å². The van der Waals surface area contributed by atoms with E-state index in [0.29, 0.717) is 5.02 Å². The number of likely N-dealkylation sites (tertiary alicyclic amines) is 1. The van der Waals surface area contributed by atoms with E-state index in [4.69, 9.17) is 21.4 Å². The Morgan fingerprint density at radius 1 is 1.15 bits per heavy atom. The Morgan fingerprint density at radius 3 is 2.81 bits per heavy atom. The number of benzene rings is 1. The fourth-order valence-corrected chi connectivity index (χ4v) is 4.20. The van der Waals surface area contributed by atoms with Gasteiger partial charge < -0.3 is 10.1 Å². The van der Waals surface area contributed by atoms with Gasteiger partial charge in [-0.3, -0.25) is 4.90 Å². The molecule has 5 nitrogen and oxygen atoms in total. The number of anilines is 1. The monoisotopic (exact) mass is 374 g/mol. The third-order valence-electron chi connectivity index (χ3n) is 5.40. The van der Waals surface area contributed by atoms with Crippen LogP contribution in [0.5, 0.6) is 5.75 Å². The maximum atomic E-state index is 6.28. The molecule has 0 saturated carbocycles. The van der Waals surface area contributed by atoms with Crippen LogP contribution in [0.25, 0.3) is 5.69 Å². The fourth-order valence-electron chi connectivity index (χ4n) is 4.03. The van der Waals surface area contributed by atoms with Crippen LogP contribution in [0, 0.1) is 0 Å². The van der Waals surface area contributed by atoms with Crippen molar-refractivity contribution >= 4 is 17.4 Å². The van der Waals surface area contributed by atoms with Gasteiger partial charge >= 0.3 is 0 Å². The summed E-state index contributed by atoms with van der Waals surface area (Å²) in [5.41, 5.74) is 3.45. The summed E-state index contributed by atoms with van der Waals surface area (Å²) < 4.78 is 7.58. The smallest absolute Gasteiger partial charge is 0.144 e. The third kappa shape index (κ3) is 3.55. The van der Waals surface area contributed by atoms with Gasteiger partial charge in [0, 0.05) is 23.7 Å². The second kappa shape index (κ2) is 7.89. The maximum absolute atomic E-state index is 6.28. The number of methoxy groups -OCH3 is 1. The Bertz CT molecular complexity index is 767. The molecule has 0 atom stereocenters. The molecule has 1 N–H and O–H groups in total. The van der Waals surface area contributed by atoms with Crippen molar-refractivity contribution in [3.05, 3.63) is 34.5 Å². The Balaban J connectivity index is 1.76. The fraction of sp³-hybridized carbons (Fsp3) is 0.550. The van der Waals surface area contributed by atoms with Gasteiger partial charge in [0.15, 0.2) is 0 Å². The molecule has 2 aliphatic rings. The van der Waals surface area contributed by atoms with Crippen molar-refractivity contribution in [3.8, 4) is 11.4 Å². The van der Waals surface area contributed by atoms with E-state index in [-0.39, 0.29) is 0 Å². The molecule has 0 bridgehead atoms. The average Bonchev–Trinajstić information content (AvgIpc) is 2.83. The van der Waals surface area contributed by atoms with Gasteiger partial charge in [0.1, 0.15) is 17.3 Å². The minimum Gasteiger partial charge on any atom is -0.494 e. The van der Waals surface area contributed by atoms with Gasteiger partial charge in [-0.2, -0.15) is 5.10 Å². The number of ether oxygens (including phenoxy) is 1. The molecule has 0 aliphatic carbocycles. The first-order valence-corrected chi connectivity index (χ1v) is 10.0. The van der Waals surface area contributed by atoms with Crippen LogP contribution in [0.2, 0.25) is 5.02 Å². The molecule has 0 amide bonds. The lowest BCUT2D eigenvalue weighted by atomic mass is 10.1. The highest BCUT2D eigenvalue weighted by Crippen LogP contribution is 2.34. The summed E-state index contributed by atoms with van der Waals surface area (Å²) in [4.78, 5) is 2.54. The van der Waals surface area contributed by atoms with Crippen LogP contribution in [0.3, 0.4) is 0 Å². The molecule has 1 aromatic carbocycles. The van der Waals surface area contributed by atoms with Gasteiger partial charge in [0.05, 0.1) is 12.8 Å². The molecule has 2 aromatic rings. The van der Waals surface area contributed by atoms with Crippen LogP contribution in [0.15, 0.2) is 18.2 Å². The Kier molecular flexibility index (Phi) is 5.36. The Labute approximate surface area is 160 Å². The highest BCUT2D eigenvalue weighted by Gasteiger charge is 2.24. The second-order valence-electron chi connectivity index (χ2n) is 7.22. The highest BCUT2D eigenvalue weighted by atomic mass is 35.5. The molecule has 1 saturated heterocycles. The van der Waals surface area contributed by atoms with E-state index in [2.05, 4.69) is 10.2 Å². The molecule has 1 fully saturated rings. The first-order valence-electron chi connectivity index (χ1n) is 9.67. The average molecular weight is 375 g/mol. The molecule has 0 radical (unpaired) electrons. The summed E-state index contributed by atoms with van der Waals surface area (Å²) in [5.74, 6) is 1.89. The van der Waals surface area contributed by atoms with Crippen molar-refractivity contribution in [1.82, 2.24) is 14.7 Å². The summed E-state index contributed by atoms with van der Waals surface area (Å²) in [5, 5.41) is 9.32. The van der Waals surface area contributed by atoms with Gasteiger partial charge in [-0.15, -0.1) is 0 Å². The minimum absolute atomic E-state index is 0.691. The third-order valence-corrected chi connectivity index (χ3v) is 5.64. The number of hydrogen-bond donors (Lipinski definition) is 1. The van der Waals surface area contributed by atoms with Crippen LogP contribution in [0.4, 0.5) is 5.82 Å². The number of fused-ring (bicyclic) bond motifs is 1. The van der Waals surface area contributed by atoms with E-state index in [0.717, 1.165) is 36.8 Å². The molecule has 4 rings (SSSR count). The summed E-state index contributed by atoms with van der Waals surface area (Å²) in [6.07, 6.45) is 7.40. The minimum atomic E-state index is 0.691. The van der Waals surface area contributed by atoms with Gasteiger partial charge in [0.2, 0.25) is 0 Å². The Hall–Kier alpha value is -1.72. The zero-order chi connectivity index (χ0) is 17.9. The maximum Gasteiger partial charge on any atom is 0.144 e. The van der Waals surface area contributed by atoms with Crippen LogP contribution in [0.1, 0.15) is 43.4 Å². The summed E-state index contributed by atoms with van der Waals surface area (Å²) >= 11 is 6.28.